The largest absolute Gasteiger partial charge is 0.348 e. The molecule has 5 heteroatoms. The second-order valence-corrected chi connectivity index (χ2v) is 3.65. The predicted molar refractivity (Wildman–Crippen MR) is 55.4 cm³/mol. The van der Waals surface area contributed by atoms with Crippen molar-refractivity contribution in [1.29, 1.82) is 0 Å². The summed E-state index contributed by atoms with van der Waals surface area (Å²) in [4.78, 5) is 11.7. The van der Waals surface area contributed by atoms with Gasteiger partial charge in [-0.1, -0.05) is 0 Å². The number of carbonyl (C=O) groups excluding carboxylic acids is 1. The van der Waals surface area contributed by atoms with Gasteiger partial charge in [-0.3, -0.25) is 4.79 Å². The zero-order chi connectivity index (χ0) is 10.5. The van der Waals surface area contributed by atoms with Gasteiger partial charge in [0.05, 0.1) is 18.0 Å². The fourth-order valence-electron chi connectivity index (χ4n) is 1.67. The fraction of sp³-hybridized carbons (Fsp3) is 0.500. The van der Waals surface area contributed by atoms with Crippen molar-refractivity contribution < 1.29 is 4.79 Å². The average Bonchev–Trinajstić information content (AvgIpc) is 2.31. The summed E-state index contributed by atoms with van der Waals surface area (Å²) in [6, 6.07) is 1.90. The quantitative estimate of drug-likeness (QED) is 0.712. The zero-order valence-electron chi connectivity index (χ0n) is 8.44. The Morgan fingerprint density at radius 3 is 3.13 bits per heavy atom. The molecule has 1 saturated heterocycles. The first-order chi connectivity index (χ1) is 7.36. The molecule has 5 nitrogen and oxygen atoms in total. The van der Waals surface area contributed by atoms with Gasteiger partial charge in [-0.15, -0.1) is 0 Å². The SMILES string of the molecule is O=C(N[C@@H]1CCCNC1)c1ccnnc1. The van der Waals surface area contributed by atoms with Crippen LogP contribution in [0.15, 0.2) is 18.5 Å². The highest BCUT2D eigenvalue weighted by molar-refractivity contribution is 5.93. The molecule has 0 aromatic carbocycles. The van der Waals surface area contributed by atoms with E-state index in [1.807, 2.05) is 0 Å². The lowest BCUT2D eigenvalue weighted by atomic mass is 10.1. The molecule has 1 atom stereocenters. The van der Waals surface area contributed by atoms with Crippen LogP contribution in [0.1, 0.15) is 23.2 Å². The molecular formula is C10H14N4O. The van der Waals surface area contributed by atoms with E-state index in [0.717, 1.165) is 25.9 Å². The summed E-state index contributed by atoms with van der Waals surface area (Å²) < 4.78 is 0. The van der Waals surface area contributed by atoms with Crippen LogP contribution in [0.5, 0.6) is 0 Å². The van der Waals surface area contributed by atoms with E-state index in [9.17, 15) is 4.79 Å². The Morgan fingerprint density at radius 1 is 1.53 bits per heavy atom. The van der Waals surface area contributed by atoms with Gasteiger partial charge >= 0.3 is 0 Å². The summed E-state index contributed by atoms with van der Waals surface area (Å²) in [5.74, 6) is -0.0707. The van der Waals surface area contributed by atoms with Crippen molar-refractivity contribution in [2.75, 3.05) is 13.1 Å². The maximum Gasteiger partial charge on any atom is 0.253 e. The highest BCUT2D eigenvalue weighted by Crippen LogP contribution is 2.03. The Bertz CT molecular complexity index is 321. The van der Waals surface area contributed by atoms with Crippen LogP contribution in [-0.4, -0.2) is 35.2 Å². The standard InChI is InChI=1S/C10H14N4O/c15-10(8-3-5-12-13-6-8)14-9-2-1-4-11-7-9/h3,5-6,9,11H,1-2,4,7H2,(H,14,15)/t9-/m1/s1. The number of nitrogens with zero attached hydrogens (tertiary/aromatic N) is 2. The van der Waals surface area contributed by atoms with E-state index in [2.05, 4.69) is 20.8 Å². The summed E-state index contributed by atoms with van der Waals surface area (Å²) in [7, 11) is 0. The van der Waals surface area contributed by atoms with Crippen LogP contribution in [0.25, 0.3) is 0 Å². The third-order valence-corrected chi connectivity index (χ3v) is 2.48. The molecule has 80 valence electrons. The minimum Gasteiger partial charge on any atom is -0.348 e. The summed E-state index contributed by atoms with van der Waals surface area (Å²) in [5.41, 5.74) is 0.565. The molecule has 2 heterocycles. The Morgan fingerprint density at radius 2 is 2.47 bits per heavy atom. The van der Waals surface area contributed by atoms with Gasteiger partial charge in [0.1, 0.15) is 0 Å². The van der Waals surface area contributed by atoms with E-state index in [1.54, 1.807) is 6.07 Å². The minimum atomic E-state index is -0.0707. The van der Waals surface area contributed by atoms with Crippen molar-refractivity contribution in [1.82, 2.24) is 20.8 Å². The van der Waals surface area contributed by atoms with Crippen molar-refractivity contribution in [2.24, 2.45) is 0 Å². The highest BCUT2D eigenvalue weighted by Gasteiger charge is 2.15. The summed E-state index contributed by atoms with van der Waals surface area (Å²) in [6.07, 6.45) is 5.15. The number of nitrogens with one attached hydrogen (secondary N) is 2. The maximum atomic E-state index is 11.7. The van der Waals surface area contributed by atoms with E-state index >= 15 is 0 Å². The lowest BCUT2D eigenvalue weighted by molar-refractivity contribution is 0.0930. The first kappa shape index (κ1) is 10.0. The molecule has 0 unspecified atom stereocenters. The van der Waals surface area contributed by atoms with Gasteiger partial charge in [0, 0.05) is 12.6 Å². The Balaban J connectivity index is 1.91. The molecule has 0 saturated carbocycles. The molecule has 1 fully saturated rings. The first-order valence-corrected chi connectivity index (χ1v) is 5.14. The number of aromatic nitrogens is 2. The van der Waals surface area contributed by atoms with Crippen molar-refractivity contribution in [3.8, 4) is 0 Å². The zero-order valence-corrected chi connectivity index (χ0v) is 8.44. The maximum absolute atomic E-state index is 11.7. The van der Waals surface area contributed by atoms with Crippen LogP contribution in [0.2, 0.25) is 0 Å². The monoisotopic (exact) mass is 206 g/mol. The van der Waals surface area contributed by atoms with Gasteiger partial charge in [0.2, 0.25) is 0 Å². The smallest absolute Gasteiger partial charge is 0.253 e. The second-order valence-electron chi connectivity index (χ2n) is 3.65. The van der Waals surface area contributed by atoms with Crippen LogP contribution in [0, 0.1) is 0 Å². The van der Waals surface area contributed by atoms with Crippen molar-refractivity contribution >= 4 is 5.91 Å². The Kier molecular flexibility index (Phi) is 3.24. The molecule has 0 aliphatic carbocycles. The highest BCUT2D eigenvalue weighted by atomic mass is 16.1. The molecule has 1 aliphatic heterocycles. The van der Waals surface area contributed by atoms with Crippen LogP contribution in [0.3, 0.4) is 0 Å². The first-order valence-electron chi connectivity index (χ1n) is 5.14. The summed E-state index contributed by atoms with van der Waals surface area (Å²) in [5, 5.41) is 13.5. The van der Waals surface area contributed by atoms with E-state index in [4.69, 9.17) is 0 Å². The number of carbonyl (C=O) groups is 1. The van der Waals surface area contributed by atoms with Crippen LogP contribution in [-0.2, 0) is 0 Å². The van der Waals surface area contributed by atoms with Crippen LogP contribution >= 0.6 is 0 Å². The van der Waals surface area contributed by atoms with Gasteiger partial charge in [0.25, 0.3) is 5.91 Å². The lowest BCUT2D eigenvalue weighted by Gasteiger charge is -2.23. The molecular weight excluding hydrogens is 192 g/mol. The van der Waals surface area contributed by atoms with Crippen molar-refractivity contribution in [2.45, 2.75) is 18.9 Å². The van der Waals surface area contributed by atoms with Gasteiger partial charge in [-0.25, -0.2) is 0 Å². The molecule has 0 spiro atoms. The summed E-state index contributed by atoms with van der Waals surface area (Å²) in [6.45, 7) is 1.90. The third kappa shape index (κ3) is 2.73. The molecule has 1 aliphatic rings. The average molecular weight is 206 g/mol. The molecule has 2 rings (SSSR count). The molecule has 2 N–H and O–H groups in total. The van der Waals surface area contributed by atoms with E-state index < -0.39 is 0 Å². The van der Waals surface area contributed by atoms with Gasteiger partial charge in [-0.05, 0) is 25.5 Å². The van der Waals surface area contributed by atoms with E-state index in [1.165, 1.54) is 12.4 Å². The molecule has 1 aromatic rings. The normalized spacial score (nSPS) is 20.9. The molecule has 0 radical (unpaired) electrons. The molecule has 1 aromatic heterocycles. The van der Waals surface area contributed by atoms with Crippen LogP contribution in [0.4, 0.5) is 0 Å². The fourth-order valence-corrected chi connectivity index (χ4v) is 1.67. The lowest BCUT2D eigenvalue weighted by Crippen LogP contribution is -2.45. The number of amides is 1. The topological polar surface area (TPSA) is 66.9 Å². The molecule has 0 bridgehead atoms. The summed E-state index contributed by atoms with van der Waals surface area (Å²) >= 11 is 0. The molecule has 15 heavy (non-hydrogen) atoms. The number of hydrogen-bond acceptors (Lipinski definition) is 4. The third-order valence-electron chi connectivity index (χ3n) is 2.48. The van der Waals surface area contributed by atoms with E-state index in [-0.39, 0.29) is 11.9 Å². The van der Waals surface area contributed by atoms with Gasteiger partial charge in [0.15, 0.2) is 0 Å². The number of hydrogen-bond donors (Lipinski definition) is 2. The minimum absolute atomic E-state index is 0.0707. The second kappa shape index (κ2) is 4.84. The van der Waals surface area contributed by atoms with Crippen molar-refractivity contribution in [3.63, 3.8) is 0 Å². The number of rotatable bonds is 2. The number of piperidine rings is 1. The Labute approximate surface area is 88.3 Å². The van der Waals surface area contributed by atoms with Crippen LogP contribution < -0.4 is 10.6 Å². The molecule has 1 amide bonds. The van der Waals surface area contributed by atoms with Gasteiger partial charge in [-0.2, -0.15) is 10.2 Å². The predicted octanol–water partition coefficient (Wildman–Crippen LogP) is -0.0416. The van der Waals surface area contributed by atoms with Gasteiger partial charge < -0.3 is 10.6 Å². The Hall–Kier alpha value is -1.49. The van der Waals surface area contributed by atoms with E-state index in [0.29, 0.717) is 5.56 Å². The van der Waals surface area contributed by atoms with Crippen molar-refractivity contribution in [3.05, 3.63) is 24.0 Å².